The predicted octanol–water partition coefficient (Wildman–Crippen LogP) is 5.66. The topological polar surface area (TPSA) is 0 Å². The van der Waals surface area contributed by atoms with Crippen LogP contribution in [0.5, 0.6) is 0 Å². The van der Waals surface area contributed by atoms with Crippen molar-refractivity contribution in [3.63, 3.8) is 0 Å². The van der Waals surface area contributed by atoms with Crippen molar-refractivity contribution in [2.75, 3.05) is 0 Å². The zero-order chi connectivity index (χ0) is 20.6. The van der Waals surface area contributed by atoms with Gasteiger partial charge in [-0.1, -0.05) is 0 Å². The molecule has 31 heavy (non-hydrogen) atoms. The molecule has 1 heteroatoms. The molecule has 0 heterocycles. The van der Waals surface area contributed by atoms with E-state index in [-0.39, 0.29) is 0 Å². The van der Waals surface area contributed by atoms with Crippen molar-refractivity contribution in [3.05, 3.63) is 127 Å². The van der Waals surface area contributed by atoms with Crippen molar-refractivity contribution >= 4 is 64.4 Å². The van der Waals surface area contributed by atoms with E-state index in [1.54, 1.807) is 9.37 Å². The Morgan fingerprint density at radius 3 is 0.935 bits per heavy atom. The molecule has 0 spiro atoms. The van der Waals surface area contributed by atoms with Crippen LogP contribution >= 0.6 is 0 Å². The molecule has 0 aliphatic heterocycles. The van der Waals surface area contributed by atoms with E-state index in [9.17, 15) is 0 Å². The molecule has 6 aromatic rings. The van der Waals surface area contributed by atoms with E-state index in [0.717, 1.165) is 0 Å². The number of benzene rings is 6. The molecule has 0 aliphatic carbocycles. The Bertz CT molecular complexity index is 1340. The summed E-state index contributed by atoms with van der Waals surface area (Å²) in [5.74, 6) is 0. The molecular weight excluding hydrogens is 568 g/mol. The fourth-order valence-corrected chi connectivity index (χ4v) is 17.0. The molecule has 0 unspecified atom stereocenters. The van der Waals surface area contributed by atoms with Crippen molar-refractivity contribution in [3.8, 4) is 0 Å². The van der Waals surface area contributed by atoms with Gasteiger partial charge in [0.05, 0.1) is 0 Å². The fourth-order valence-electron chi connectivity index (χ4n) is 4.77. The zero-order valence-electron chi connectivity index (χ0n) is 17.1. The van der Waals surface area contributed by atoms with E-state index in [1.807, 2.05) is 0 Å². The van der Waals surface area contributed by atoms with Gasteiger partial charge in [0.2, 0.25) is 0 Å². The molecule has 0 atom stereocenters. The predicted molar refractivity (Wildman–Crippen MR) is 136 cm³/mol. The Balaban J connectivity index is 1.75. The summed E-state index contributed by atoms with van der Waals surface area (Å²) >= 11 is -2.77. The summed E-state index contributed by atoms with van der Waals surface area (Å²) in [6.45, 7) is 0. The molecule has 0 nitrogen and oxygen atoms in total. The first-order chi connectivity index (χ1) is 15.4. The third-order valence-corrected chi connectivity index (χ3v) is 17.5. The summed E-state index contributed by atoms with van der Waals surface area (Å²) < 4.78 is 4.70. The Kier molecular flexibility index (Phi) is 4.80. The van der Waals surface area contributed by atoms with Crippen molar-refractivity contribution in [2.45, 2.75) is 0 Å². The second-order valence-corrected chi connectivity index (χ2v) is 17.2. The molecule has 0 fully saturated rings. The first-order valence-electron chi connectivity index (χ1n) is 10.7. The molecule has 0 amide bonds. The molecule has 0 saturated carbocycles. The quantitative estimate of drug-likeness (QED) is 0.234. The van der Waals surface area contributed by atoms with E-state index in [0.29, 0.717) is 0 Å². The summed E-state index contributed by atoms with van der Waals surface area (Å²) in [4.78, 5) is 0. The van der Waals surface area contributed by atoms with Crippen molar-refractivity contribution < 1.29 is 0 Å². The van der Waals surface area contributed by atoms with Crippen molar-refractivity contribution in [2.24, 2.45) is 0 Å². The standard InChI is InChI=1S/3C10H7.Pb/c3*1-2-6-10-8-4-3-7-9(10)5-1;/h3*1-7H;. The van der Waals surface area contributed by atoms with E-state index in [2.05, 4.69) is 127 Å². The molecule has 0 N–H and O–H groups in total. The molecule has 0 aliphatic rings. The average Bonchev–Trinajstić information content (AvgIpc) is 2.85. The Hall–Kier alpha value is -2.98. The summed E-state index contributed by atoms with van der Waals surface area (Å²) in [5.41, 5.74) is 0. The van der Waals surface area contributed by atoms with Gasteiger partial charge in [0.15, 0.2) is 0 Å². The normalized spacial score (nSPS) is 11.5. The average molecular weight is 589 g/mol. The molecular formula is C30H21Pb. The Morgan fingerprint density at radius 1 is 0.290 bits per heavy atom. The first-order valence-corrected chi connectivity index (χ1v) is 16.5. The summed E-state index contributed by atoms with van der Waals surface area (Å²) in [7, 11) is 0. The van der Waals surface area contributed by atoms with Gasteiger partial charge >= 0.3 is 192 Å². The molecule has 145 valence electrons. The van der Waals surface area contributed by atoms with Crippen molar-refractivity contribution in [1.82, 2.24) is 0 Å². The zero-order valence-corrected chi connectivity index (χ0v) is 21.0. The summed E-state index contributed by atoms with van der Waals surface area (Å²) in [5, 5.41) is 8.24. The van der Waals surface area contributed by atoms with E-state index in [1.165, 1.54) is 32.3 Å². The van der Waals surface area contributed by atoms with Gasteiger partial charge in [-0.25, -0.2) is 0 Å². The maximum atomic E-state index is 2.40. The van der Waals surface area contributed by atoms with Crippen LogP contribution in [0.25, 0.3) is 32.3 Å². The van der Waals surface area contributed by atoms with Crippen LogP contribution in [0.4, 0.5) is 0 Å². The first kappa shape index (κ1) is 18.8. The number of rotatable bonds is 3. The second kappa shape index (κ2) is 7.93. The molecule has 1 radical (unpaired) electrons. The summed E-state index contributed by atoms with van der Waals surface area (Å²) in [6.07, 6.45) is 0. The van der Waals surface area contributed by atoms with Crippen LogP contribution in [0.1, 0.15) is 0 Å². The van der Waals surface area contributed by atoms with Crippen LogP contribution in [0.3, 0.4) is 0 Å². The van der Waals surface area contributed by atoms with E-state index in [4.69, 9.17) is 0 Å². The van der Waals surface area contributed by atoms with Gasteiger partial charge in [-0.05, 0) is 0 Å². The molecule has 0 bridgehead atoms. The van der Waals surface area contributed by atoms with Crippen LogP contribution in [0, 0.1) is 0 Å². The third kappa shape index (κ3) is 3.26. The summed E-state index contributed by atoms with van der Waals surface area (Å²) in [6, 6.07) is 47.3. The fraction of sp³-hybridized carbons (Fsp3) is 0. The monoisotopic (exact) mass is 589 g/mol. The van der Waals surface area contributed by atoms with Gasteiger partial charge in [-0.2, -0.15) is 0 Å². The number of hydrogen-bond acceptors (Lipinski definition) is 0. The van der Waals surface area contributed by atoms with E-state index < -0.39 is 22.7 Å². The Morgan fingerprint density at radius 2 is 0.581 bits per heavy atom. The van der Waals surface area contributed by atoms with Gasteiger partial charge in [-0.3, -0.25) is 0 Å². The van der Waals surface area contributed by atoms with Gasteiger partial charge in [0, 0.05) is 0 Å². The second-order valence-electron chi connectivity index (χ2n) is 7.96. The minimum absolute atomic E-state index is 1.34. The van der Waals surface area contributed by atoms with Crippen LogP contribution in [-0.4, -0.2) is 22.7 Å². The van der Waals surface area contributed by atoms with Gasteiger partial charge < -0.3 is 0 Å². The van der Waals surface area contributed by atoms with Gasteiger partial charge in [-0.15, -0.1) is 0 Å². The molecule has 0 saturated heterocycles. The van der Waals surface area contributed by atoms with Crippen LogP contribution < -0.4 is 9.37 Å². The van der Waals surface area contributed by atoms with Gasteiger partial charge in [0.25, 0.3) is 0 Å². The van der Waals surface area contributed by atoms with Crippen LogP contribution in [0.15, 0.2) is 127 Å². The molecule has 6 rings (SSSR count). The maximum absolute atomic E-state index is 2.77. The Labute approximate surface area is 190 Å². The minimum atomic E-state index is -2.77. The van der Waals surface area contributed by atoms with Crippen LogP contribution in [-0.2, 0) is 0 Å². The van der Waals surface area contributed by atoms with Gasteiger partial charge in [0.1, 0.15) is 0 Å². The number of hydrogen-bond donors (Lipinski definition) is 0. The van der Waals surface area contributed by atoms with E-state index >= 15 is 0 Å². The molecule has 6 aromatic carbocycles. The molecule has 0 aromatic heterocycles. The van der Waals surface area contributed by atoms with Crippen molar-refractivity contribution in [1.29, 1.82) is 0 Å². The van der Waals surface area contributed by atoms with Crippen LogP contribution in [0.2, 0.25) is 0 Å². The third-order valence-electron chi connectivity index (χ3n) is 6.18. The number of fused-ring (bicyclic) bond motifs is 3. The SMILES string of the molecule is c1ccc2[c]([Pb]([c]3cccc4ccccc34)[c]3cccc4ccccc34)cccc2c1.